The van der Waals surface area contributed by atoms with Crippen molar-refractivity contribution in [2.75, 3.05) is 78.8 Å². The fourth-order valence-electron chi connectivity index (χ4n) is 3.26. The van der Waals surface area contributed by atoms with Crippen LogP contribution >= 0.6 is 0 Å². The molecule has 0 heterocycles. The zero-order chi connectivity index (χ0) is 27.1. The van der Waals surface area contributed by atoms with Gasteiger partial charge < -0.3 is 34.4 Å². The number of aliphatic hydroxyl groups excluding tert-OH is 2. The molecular weight excluding hydrogens is 468 g/mol. The minimum absolute atomic E-state index is 0.00936. The Morgan fingerprint density at radius 3 is 1.57 bits per heavy atom. The van der Waals surface area contributed by atoms with Crippen LogP contribution in [0.4, 0.5) is 0 Å². The Bertz CT molecular complexity index is 709. The number of carboxylic acids is 2. The normalized spacial score (nSPS) is 14.3. The average Bonchev–Trinajstić information content (AvgIpc) is 2.72. The average molecular weight is 507 g/mol. The molecule has 0 rings (SSSR count). The number of quaternary nitrogens is 2. The Morgan fingerprint density at radius 2 is 1.14 bits per heavy atom. The lowest BCUT2D eigenvalue weighted by Crippen LogP contribution is -2.59. The van der Waals surface area contributed by atoms with Crippen molar-refractivity contribution in [3.8, 4) is 0 Å². The van der Waals surface area contributed by atoms with Gasteiger partial charge in [-0.2, -0.15) is 9.48 Å². The number of esters is 2. The van der Waals surface area contributed by atoms with E-state index in [-0.39, 0.29) is 74.8 Å². The van der Waals surface area contributed by atoms with Gasteiger partial charge in [0.2, 0.25) is 6.54 Å². The maximum absolute atomic E-state index is 11.7. The van der Waals surface area contributed by atoms with Crippen molar-refractivity contribution in [1.29, 1.82) is 0 Å². The third-order valence-electron chi connectivity index (χ3n) is 5.13. The molecule has 0 aromatic rings. The van der Waals surface area contributed by atoms with Gasteiger partial charge in [0.25, 0.3) is 0 Å². The summed E-state index contributed by atoms with van der Waals surface area (Å²) in [6.07, 6.45) is 0. The number of ether oxygens (including phenoxy) is 2. The van der Waals surface area contributed by atoms with E-state index in [4.69, 9.17) is 14.3 Å². The van der Waals surface area contributed by atoms with Crippen molar-refractivity contribution in [3.05, 3.63) is 24.3 Å². The van der Waals surface area contributed by atoms with Gasteiger partial charge in [-0.1, -0.05) is 13.2 Å². The summed E-state index contributed by atoms with van der Waals surface area (Å²) in [4.78, 5) is 52.2. The van der Waals surface area contributed by atoms with Gasteiger partial charge in [0.05, 0.1) is 13.2 Å². The highest BCUT2D eigenvalue weighted by atomic mass is 16.7. The predicted molar refractivity (Wildman–Crippen MR) is 122 cm³/mol. The molecule has 200 valence electrons. The van der Waals surface area contributed by atoms with Gasteiger partial charge in [-0.3, -0.25) is 0 Å². The van der Waals surface area contributed by atoms with Crippen LogP contribution in [0.2, 0.25) is 0 Å². The molecule has 0 saturated heterocycles. The number of hydrogen-bond donors (Lipinski definition) is 4. The van der Waals surface area contributed by atoms with E-state index in [0.29, 0.717) is 0 Å². The SMILES string of the molecule is C=C(C)C(=O)OCC[N+](CCO)(CCO[N+](CCO)(CCOC(=O)C(=C)C)CC(=O)O)CC(=O)O. The van der Waals surface area contributed by atoms with Crippen molar-refractivity contribution in [2.45, 2.75) is 13.8 Å². The van der Waals surface area contributed by atoms with E-state index in [1.165, 1.54) is 13.8 Å². The second-order valence-corrected chi connectivity index (χ2v) is 8.23. The Kier molecular flexibility index (Phi) is 14.7. The monoisotopic (exact) mass is 506 g/mol. The largest absolute Gasteiger partial charge is 0.477 e. The fourth-order valence-corrected chi connectivity index (χ4v) is 3.26. The maximum atomic E-state index is 11.7. The van der Waals surface area contributed by atoms with E-state index in [9.17, 15) is 39.6 Å². The van der Waals surface area contributed by atoms with Crippen LogP contribution < -0.4 is 0 Å². The van der Waals surface area contributed by atoms with Crippen LogP contribution in [-0.4, -0.2) is 132 Å². The smallest absolute Gasteiger partial charge is 0.362 e. The zero-order valence-electron chi connectivity index (χ0n) is 20.4. The van der Waals surface area contributed by atoms with Crippen molar-refractivity contribution in [1.82, 2.24) is 0 Å². The van der Waals surface area contributed by atoms with Crippen LogP contribution in [0, 0.1) is 0 Å². The highest BCUT2D eigenvalue weighted by Crippen LogP contribution is 2.13. The van der Waals surface area contributed by atoms with Gasteiger partial charge in [0.15, 0.2) is 13.2 Å². The van der Waals surface area contributed by atoms with E-state index < -0.39 is 48.2 Å². The van der Waals surface area contributed by atoms with Crippen LogP contribution in [0.25, 0.3) is 0 Å². The van der Waals surface area contributed by atoms with Gasteiger partial charge in [-0.15, -0.1) is 0 Å². The highest BCUT2D eigenvalue weighted by Gasteiger charge is 2.36. The standard InChI is InChI=1S/C22H36N2O11/c1-17(2)21(31)33-12-7-23(5-10-25,15-19(27)28)8-14-35-24(6-11-26,16-20(29)30)9-13-34-22(32)18(3)4/h25-26H,1,3,5-16H2,2,4H3/p+2. The summed E-state index contributed by atoms with van der Waals surface area (Å²) in [7, 11) is 0. The van der Waals surface area contributed by atoms with Crippen LogP contribution in [0.15, 0.2) is 24.3 Å². The lowest BCUT2D eigenvalue weighted by Gasteiger charge is -2.38. The zero-order valence-corrected chi connectivity index (χ0v) is 20.4. The predicted octanol–water partition coefficient (Wildman–Crippen LogP) is -1.06. The van der Waals surface area contributed by atoms with Crippen molar-refractivity contribution >= 4 is 23.9 Å². The molecule has 2 unspecified atom stereocenters. The van der Waals surface area contributed by atoms with E-state index in [1.807, 2.05) is 0 Å². The number of aliphatic hydroxyl groups is 2. The summed E-state index contributed by atoms with van der Waals surface area (Å²) in [5.41, 5.74) is 0.343. The fraction of sp³-hybridized carbons (Fsp3) is 0.636. The quantitative estimate of drug-likeness (QED) is 0.0685. The Balaban J connectivity index is 5.54. The number of aliphatic carboxylic acids is 2. The van der Waals surface area contributed by atoms with Crippen LogP contribution in [0.1, 0.15) is 13.8 Å². The number of hydroxylamine groups is 3. The first kappa shape index (κ1) is 32.2. The van der Waals surface area contributed by atoms with Crippen molar-refractivity contribution in [2.24, 2.45) is 0 Å². The molecule has 0 aromatic carbocycles. The second kappa shape index (κ2) is 15.9. The number of nitrogens with zero attached hydrogens (tertiary/aromatic N) is 2. The van der Waals surface area contributed by atoms with Crippen LogP contribution in [0.5, 0.6) is 0 Å². The van der Waals surface area contributed by atoms with Crippen molar-refractivity contribution < 1.29 is 63.0 Å². The molecule has 0 fully saturated rings. The minimum Gasteiger partial charge on any atom is -0.477 e. The molecule has 13 nitrogen and oxygen atoms in total. The first-order chi connectivity index (χ1) is 16.3. The number of rotatable bonds is 20. The van der Waals surface area contributed by atoms with E-state index in [1.54, 1.807) is 0 Å². The second-order valence-electron chi connectivity index (χ2n) is 8.23. The van der Waals surface area contributed by atoms with Crippen molar-refractivity contribution in [3.63, 3.8) is 0 Å². The summed E-state index contributed by atoms with van der Waals surface area (Å²) in [5, 5.41) is 37.8. The Morgan fingerprint density at radius 1 is 0.686 bits per heavy atom. The number of carboxylic acid groups (broad SMARTS) is 2. The summed E-state index contributed by atoms with van der Waals surface area (Å²) in [6, 6.07) is 0. The Hall–Kier alpha value is -2.84. The highest BCUT2D eigenvalue weighted by molar-refractivity contribution is 5.87. The van der Waals surface area contributed by atoms with Gasteiger partial charge in [0, 0.05) is 11.1 Å². The molecule has 0 aliphatic heterocycles. The topological polar surface area (TPSA) is 177 Å². The molecule has 13 heteroatoms. The van der Waals surface area contributed by atoms with Gasteiger partial charge >= 0.3 is 23.9 Å². The molecule has 0 amide bonds. The van der Waals surface area contributed by atoms with Crippen LogP contribution in [0.3, 0.4) is 0 Å². The summed E-state index contributed by atoms with van der Waals surface area (Å²) < 4.78 is 9.31. The molecule has 0 bridgehead atoms. The molecule has 35 heavy (non-hydrogen) atoms. The number of carbonyl (C=O) groups is 4. The van der Waals surface area contributed by atoms with E-state index in [2.05, 4.69) is 13.2 Å². The van der Waals surface area contributed by atoms with E-state index in [0.717, 1.165) is 0 Å². The first-order valence-electron chi connectivity index (χ1n) is 11.0. The van der Waals surface area contributed by atoms with Gasteiger partial charge in [0.1, 0.15) is 45.9 Å². The van der Waals surface area contributed by atoms with Gasteiger partial charge in [-0.05, 0) is 13.8 Å². The summed E-state index contributed by atoms with van der Waals surface area (Å²) in [6.45, 7) is 7.46. The molecule has 2 atom stereocenters. The molecule has 0 aliphatic rings. The third kappa shape index (κ3) is 13.0. The summed E-state index contributed by atoms with van der Waals surface area (Å²) >= 11 is 0. The maximum Gasteiger partial charge on any atom is 0.362 e. The number of hydrogen-bond acceptors (Lipinski definition) is 9. The first-order valence-corrected chi connectivity index (χ1v) is 11.0. The molecule has 0 saturated carbocycles. The molecule has 0 radical (unpaired) electrons. The Labute approximate surface area is 204 Å². The van der Waals surface area contributed by atoms with Gasteiger partial charge in [-0.25, -0.2) is 19.2 Å². The molecular formula is C22H38N2O11+2. The lowest BCUT2D eigenvalue weighted by atomic mass is 10.3. The molecule has 0 spiro atoms. The minimum atomic E-state index is -1.22. The molecule has 0 aromatic heterocycles. The third-order valence-corrected chi connectivity index (χ3v) is 5.13. The number of carbonyl (C=O) groups excluding carboxylic acids is 2. The molecule has 4 N–H and O–H groups in total. The molecule has 0 aliphatic carbocycles. The van der Waals surface area contributed by atoms with Crippen LogP contribution in [-0.2, 0) is 33.5 Å². The lowest BCUT2D eigenvalue weighted by molar-refractivity contribution is -1.10. The van der Waals surface area contributed by atoms with E-state index >= 15 is 0 Å². The summed E-state index contributed by atoms with van der Waals surface area (Å²) in [5.74, 6) is -3.68.